The van der Waals surface area contributed by atoms with Crippen molar-refractivity contribution in [2.75, 3.05) is 53.6 Å². The molecule has 0 aromatic carbocycles. The molecule has 1 aliphatic heterocycles. The molecule has 16 heavy (non-hydrogen) atoms. The van der Waals surface area contributed by atoms with Crippen LogP contribution in [0.5, 0.6) is 0 Å². The summed E-state index contributed by atoms with van der Waals surface area (Å²) in [7, 11) is 3.75. The number of methoxy groups -OCH3 is 1. The average molecular weight is 232 g/mol. The summed E-state index contributed by atoms with van der Waals surface area (Å²) in [5, 5.41) is 13.0. The van der Waals surface area contributed by atoms with Gasteiger partial charge in [-0.15, -0.1) is 0 Å². The van der Waals surface area contributed by atoms with Gasteiger partial charge in [0.1, 0.15) is 0 Å². The standard InChI is InChI=1S/C11H24N2O3/c1-13-4-3-10(8-13)12-7-11(14)9-16-6-5-15-2/h10-12,14H,3-9H2,1-2H3. The molecule has 2 atom stereocenters. The molecule has 5 nitrogen and oxygen atoms in total. The molecule has 1 rings (SSSR count). The van der Waals surface area contributed by atoms with E-state index >= 15 is 0 Å². The summed E-state index contributed by atoms with van der Waals surface area (Å²) in [5.74, 6) is 0. The molecule has 0 aromatic heterocycles. The molecule has 1 saturated heterocycles. The van der Waals surface area contributed by atoms with Crippen molar-refractivity contribution in [2.24, 2.45) is 0 Å². The number of hydrogen-bond donors (Lipinski definition) is 2. The van der Waals surface area contributed by atoms with Crippen molar-refractivity contribution in [2.45, 2.75) is 18.6 Å². The number of nitrogens with one attached hydrogen (secondary N) is 1. The quantitative estimate of drug-likeness (QED) is 0.542. The molecule has 2 unspecified atom stereocenters. The van der Waals surface area contributed by atoms with Gasteiger partial charge in [-0.3, -0.25) is 0 Å². The van der Waals surface area contributed by atoms with Crippen molar-refractivity contribution in [1.29, 1.82) is 0 Å². The van der Waals surface area contributed by atoms with E-state index in [1.165, 1.54) is 0 Å². The lowest BCUT2D eigenvalue weighted by Gasteiger charge is -2.16. The summed E-state index contributed by atoms with van der Waals surface area (Å²) >= 11 is 0. The summed E-state index contributed by atoms with van der Waals surface area (Å²) in [6, 6.07) is 0.513. The van der Waals surface area contributed by atoms with Gasteiger partial charge in [0.25, 0.3) is 0 Å². The van der Waals surface area contributed by atoms with Gasteiger partial charge in [-0.25, -0.2) is 0 Å². The Morgan fingerprint density at radius 2 is 2.31 bits per heavy atom. The van der Waals surface area contributed by atoms with E-state index in [0.717, 1.165) is 19.5 Å². The van der Waals surface area contributed by atoms with Gasteiger partial charge < -0.3 is 24.8 Å². The predicted octanol–water partition coefficient (Wildman–Crippen LogP) is -0.696. The van der Waals surface area contributed by atoms with Crippen molar-refractivity contribution in [3.05, 3.63) is 0 Å². The van der Waals surface area contributed by atoms with Crippen LogP contribution in [-0.4, -0.2) is 75.8 Å². The van der Waals surface area contributed by atoms with E-state index < -0.39 is 6.10 Å². The zero-order valence-corrected chi connectivity index (χ0v) is 10.3. The Bertz CT molecular complexity index is 181. The van der Waals surface area contributed by atoms with Gasteiger partial charge in [-0.2, -0.15) is 0 Å². The molecular weight excluding hydrogens is 208 g/mol. The first-order valence-corrected chi connectivity index (χ1v) is 5.89. The number of aliphatic hydroxyl groups is 1. The molecule has 0 saturated carbocycles. The molecule has 0 aromatic rings. The maximum Gasteiger partial charge on any atom is 0.0897 e. The van der Waals surface area contributed by atoms with Crippen LogP contribution in [0.1, 0.15) is 6.42 Å². The highest BCUT2D eigenvalue weighted by Gasteiger charge is 2.19. The number of nitrogens with zero attached hydrogens (tertiary/aromatic N) is 1. The highest BCUT2D eigenvalue weighted by Crippen LogP contribution is 2.05. The van der Waals surface area contributed by atoms with E-state index in [1.54, 1.807) is 7.11 Å². The molecule has 0 radical (unpaired) electrons. The summed E-state index contributed by atoms with van der Waals surface area (Å²) in [4.78, 5) is 2.29. The second-order valence-corrected chi connectivity index (χ2v) is 4.38. The van der Waals surface area contributed by atoms with Crippen molar-refractivity contribution in [1.82, 2.24) is 10.2 Å². The van der Waals surface area contributed by atoms with E-state index in [2.05, 4.69) is 17.3 Å². The molecule has 1 heterocycles. The molecule has 1 fully saturated rings. The van der Waals surface area contributed by atoms with Crippen LogP contribution in [0.15, 0.2) is 0 Å². The Labute approximate surface area is 97.7 Å². The highest BCUT2D eigenvalue weighted by atomic mass is 16.5. The van der Waals surface area contributed by atoms with Gasteiger partial charge in [0.05, 0.1) is 25.9 Å². The summed E-state index contributed by atoms with van der Waals surface area (Å²) < 4.78 is 10.1. The Morgan fingerprint density at radius 3 is 2.94 bits per heavy atom. The molecule has 1 aliphatic rings. The zero-order chi connectivity index (χ0) is 11.8. The lowest BCUT2D eigenvalue weighted by atomic mass is 10.2. The summed E-state index contributed by atoms with van der Waals surface area (Å²) in [6.45, 7) is 4.30. The van der Waals surface area contributed by atoms with Crippen molar-refractivity contribution < 1.29 is 14.6 Å². The second-order valence-electron chi connectivity index (χ2n) is 4.38. The first-order valence-electron chi connectivity index (χ1n) is 5.89. The van der Waals surface area contributed by atoms with Gasteiger partial charge in [-0.1, -0.05) is 0 Å². The third-order valence-corrected chi connectivity index (χ3v) is 2.78. The normalized spacial score (nSPS) is 23.8. The van der Waals surface area contributed by atoms with E-state index in [0.29, 0.717) is 32.4 Å². The molecule has 0 aliphatic carbocycles. The van der Waals surface area contributed by atoms with E-state index in [4.69, 9.17) is 9.47 Å². The van der Waals surface area contributed by atoms with Crippen molar-refractivity contribution in [3.8, 4) is 0 Å². The van der Waals surface area contributed by atoms with Gasteiger partial charge in [0, 0.05) is 26.2 Å². The van der Waals surface area contributed by atoms with Gasteiger partial charge in [0.2, 0.25) is 0 Å². The fourth-order valence-electron chi connectivity index (χ4n) is 1.82. The number of likely N-dealkylation sites (tertiary alicyclic amines) is 1. The van der Waals surface area contributed by atoms with E-state index in [1.807, 2.05) is 0 Å². The van der Waals surface area contributed by atoms with E-state index in [9.17, 15) is 5.11 Å². The average Bonchev–Trinajstić information content (AvgIpc) is 2.68. The minimum Gasteiger partial charge on any atom is -0.389 e. The van der Waals surface area contributed by atoms with Crippen LogP contribution >= 0.6 is 0 Å². The number of rotatable bonds is 8. The fraction of sp³-hybridized carbons (Fsp3) is 1.00. The first kappa shape index (κ1) is 13.9. The highest BCUT2D eigenvalue weighted by molar-refractivity contribution is 4.79. The Hall–Kier alpha value is -0.200. The van der Waals surface area contributed by atoms with Gasteiger partial charge >= 0.3 is 0 Å². The topological polar surface area (TPSA) is 54.0 Å². The number of likely N-dealkylation sites (N-methyl/N-ethyl adjacent to an activating group) is 1. The third kappa shape index (κ3) is 5.77. The Balaban J connectivity index is 1.95. The second kappa shape index (κ2) is 7.97. The fourth-order valence-corrected chi connectivity index (χ4v) is 1.82. The van der Waals surface area contributed by atoms with Crippen LogP contribution in [0.3, 0.4) is 0 Å². The number of ether oxygens (including phenoxy) is 2. The lowest BCUT2D eigenvalue weighted by Crippen LogP contribution is -2.38. The molecule has 0 bridgehead atoms. The minimum absolute atomic E-state index is 0.374. The van der Waals surface area contributed by atoms with E-state index in [-0.39, 0.29) is 0 Å². The monoisotopic (exact) mass is 232 g/mol. The largest absolute Gasteiger partial charge is 0.389 e. The SMILES string of the molecule is COCCOCC(O)CNC1CCN(C)C1. The third-order valence-electron chi connectivity index (χ3n) is 2.78. The molecule has 96 valence electrons. The maximum atomic E-state index is 9.63. The lowest BCUT2D eigenvalue weighted by molar-refractivity contribution is 0.0130. The van der Waals surface area contributed by atoms with Crippen LogP contribution in [0.4, 0.5) is 0 Å². The van der Waals surface area contributed by atoms with Crippen LogP contribution in [0.2, 0.25) is 0 Å². The van der Waals surface area contributed by atoms with Crippen LogP contribution in [0, 0.1) is 0 Å². The molecule has 2 N–H and O–H groups in total. The van der Waals surface area contributed by atoms with Crippen LogP contribution < -0.4 is 5.32 Å². The first-order chi connectivity index (χ1) is 7.72. The van der Waals surface area contributed by atoms with Crippen LogP contribution in [-0.2, 0) is 9.47 Å². The smallest absolute Gasteiger partial charge is 0.0897 e. The van der Waals surface area contributed by atoms with Crippen molar-refractivity contribution in [3.63, 3.8) is 0 Å². The summed E-state index contributed by atoms with van der Waals surface area (Å²) in [5.41, 5.74) is 0. The summed E-state index contributed by atoms with van der Waals surface area (Å²) in [6.07, 6.45) is 0.732. The molecule has 0 amide bonds. The zero-order valence-electron chi connectivity index (χ0n) is 10.3. The Morgan fingerprint density at radius 1 is 1.50 bits per heavy atom. The number of aliphatic hydroxyl groups excluding tert-OH is 1. The van der Waals surface area contributed by atoms with Gasteiger partial charge in [-0.05, 0) is 20.0 Å². The maximum absolute atomic E-state index is 9.63. The van der Waals surface area contributed by atoms with Crippen molar-refractivity contribution >= 4 is 0 Å². The predicted molar refractivity (Wildman–Crippen MR) is 62.6 cm³/mol. The Kier molecular flexibility index (Phi) is 6.91. The molecule has 5 heteroatoms. The minimum atomic E-state index is -0.428. The van der Waals surface area contributed by atoms with Crippen LogP contribution in [0.25, 0.3) is 0 Å². The number of hydrogen-bond acceptors (Lipinski definition) is 5. The molecule has 0 spiro atoms. The molecular formula is C11H24N2O3. The van der Waals surface area contributed by atoms with Gasteiger partial charge in [0.15, 0.2) is 0 Å².